The molecule has 0 fully saturated rings. The van der Waals surface area contributed by atoms with Gasteiger partial charge in [0.05, 0.1) is 0 Å². The van der Waals surface area contributed by atoms with Gasteiger partial charge in [0.25, 0.3) is 0 Å². The Kier molecular flexibility index (Phi) is 5.32. The van der Waals surface area contributed by atoms with Crippen LogP contribution in [0.3, 0.4) is 0 Å². The van der Waals surface area contributed by atoms with E-state index in [9.17, 15) is 4.79 Å². The number of halogens is 1. The lowest BCUT2D eigenvalue weighted by Gasteiger charge is -1.98. The van der Waals surface area contributed by atoms with E-state index in [1.807, 2.05) is 6.92 Å². The Labute approximate surface area is 67.1 Å². The fraction of sp³-hybridized carbons (Fsp3) is 0.625. The van der Waals surface area contributed by atoms with Gasteiger partial charge in [0.2, 0.25) is 0 Å². The summed E-state index contributed by atoms with van der Waals surface area (Å²) in [5, 5.41) is 0. The standard InChI is InChI=1S/C8H13ClO/c1-3-8(10)7(2)5-4-6-9/h2-6H2,1H3. The fourth-order valence-electron chi connectivity index (χ4n) is 0.670. The molecule has 0 heterocycles. The van der Waals surface area contributed by atoms with Gasteiger partial charge in [-0.1, -0.05) is 13.5 Å². The third-order valence-corrected chi connectivity index (χ3v) is 1.59. The first-order chi connectivity index (χ1) is 4.72. The van der Waals surface area contributed by atoms with Crippen LogP contribution in [0.15, 0.2) is 12.2 Å². The third-order valence-electron chi connectivity index (χ3n) is 1.33. The molecule has 0 saturated heterocycles. The number of hydrogen-bond donors (Lipinski definition) is 0. The van der Waals surface area contributed by atoms with Gasteiger partial charge < -0.3 is 0 Å². The Morgan fingerprint density at radius 2 is 2.20 bits per heavy atom. The summed E-state index contributed by atoms with van der Waals surface area (Å²) in [7, 11) is 0. The van der Waals surface area contributed by atoms with Crippen LogP contribution in [-0.2, 0) is 4.79 Å². The van der Waals surface area contributed by atoms with Crippen LogP contribution < -0.4 is 0 Å². The molecule has 10 heavy (non-hydrogen) atoms. The van der Waals surface area contributed by atoms with Crippen LogP contribution in [0.1, 0.15) is 26.2 Å². The number of alkyl halides is 1. The van der Waals surface area contributed by atoms with Crippen LogP contribution in [0.25, 0.3) is 0 Å². The van der Waals surface area contributed by atoms with Crippen LogP contribution >= 0.6 is 11.6 Å². The van der Waals surface area contributed by atoms with Crippen molar-refractivity contribution in [1.82, 2.24) is 0 Å². The smallest absolute Gasteiger partial charge is 0.157 e. The average Bonchev–Trinajstić information content (AvgIpc) is 1.98. The topological polar surface area (TPSA) is 17.1 Å². The Morgan fingerprint density at radius 3 is 2.60 bits per heavy atom. The molecular weight excluding hydrogens is 148 g/mol. The van der Waals surface area contributed by atoms with E-state index in [1.165, 1.54) is 0 Å². The van der Waals surface area contributed by atoms with Gasteiger partial charge >= 0.3 is 0 Å². The molecule has 1 nitrogen and oxygen atoms in total. The summed E-state index contributed by atoms with van der Waals surface area (Å²) in [6.45, 7) is 5.50. The number of rotatable bonds is 5. The van der Waals surface area contributed by atoms with E-state index >= 15 is 0 Å². The molecule has 0 radical (unpaired) electrons. The molecule has 0 aromatic carbocycles. The minimum absolute atomic E-state index is 0.158. The summed E-state index contributed by atoms with van der Waals surface area (Å²) in [6, 6.07) is 0. The first-order valence-electron chi connectivity index (χ1n) is 3.49. The van der Waals surface area contributed by atoms with Gasteiger partial charge in [-0.15, -0.1) is 11.6 Å². The highest BCUT2D eigenvalue weighted by atomic mass is 35.5. The van der Waals surface area contributed by atoms with Crippen molar-refractivity contribution in [1.29, 1.82) is 0 Å². The van der Waals surface area contributed by atoms with Crippen molar-refractivity contribution in [3.8, 4) is 0 Å². The van der Waals surface area contributed by atoms with Gasteiger partial charge in [0.1, 0.15) is 0 Å². The lowest BCUT2D eigenvalue weighted by Crippen LogP contribution is -1.98. The number of hydrogen-bond acceptors (Lipinski definition) is 1. The van der Waals surface area contributed by atoms with Crippen molar-refractivity contribution in [2.75, 3.05) is 5.88 Å². The zero-order chi connectivity index (χ0) is 7.98. The molecule has 0 aliphatic heterocycles. The third kappa shape index (κ3) is 3.67. The van der Waals surface area contributed by atoms with Gasteiger partial charge in [-0.05, 0) is 18.4 Å². The molecule has 0 N–H and O–H groups in total. The van der Waals surface area contributed by atoms with Crippen LogP contribution in [0.4, 0.5) is 0 Å². The predicted octanol–water partition coefficient (Wildman–Crippen LogP) is 2.54. The van der Waals surface area contributed by atoms with Crippen LogP contribution in [0.2, 0.25) is 0 Å². The van der Waals surface area contributed by atoms with Gasteiger partial charge in [0.15, 0.2) is 5.78 Å². The van der Waals surface area contributed by atoms with Crippen LogP contribution in [0.5, 0.6) is 0 Å². The molecule has 0 rings (SSSR count). The van der Waals surface area contributed by atoms with E-state index in [2.05, 4.69) is 6.58 Å². The summed E-state index contributed by atoms with van der Waals surface area (Å²) >= 11 is 5.44. The van der Waals surface area contributed by atoms with Crippen molar-refractivity contribution in [3.63, 3.8) is 0 Å². The number of carbonyl (C=O) groups excluding carboxylic acids is 1. The van der Waals surface area contributed by atoms with E-state index < -0.39 is 0 Å². The Bertz CT molecular complexity index is 129. The Morgan fingerprint density at radius 1 is 1.60 bits per heavy atom. The molecule has 0 bridgehead atoms. The summed E-state index contributed by atoms with van der Waals surface area (Å²) in [4.78, 5) is 10.9. The molecule has 0 aromatic rings. The minimum atomic E-state index is 0.158. The summed E-state index contributed by atoms with van der Waals surface area (Å²) in [5.74, 6) is 0.765. The second kappa shape index (κ2) is 5.48. The summed E-state index contributed by atoms with van der Waals surface area (Å²) in [6.07, 6.45) is 2.16. The maximum absolute atomic E-state index is 10.9. The van der Waals surface area contributed by atoms with E-state index in [1.54, 1.807) is 0 Å². The lowest BCUT2D eigenvalue weighted by molar-refractivity contribution is -0.115. The van der Waals surface area contributed by atoms with E-state index in [0.29, 0.717) is 17.9 Å². The first-order valence-corrected chi connectivity index (χ1v) is 4.02. The second-order valence-electron chi connectivity index (χ2n) is 2.17. The van der Waals surface area contributed by atoms with E-state index in [0.717, 1.165) is 12.8 Å². The second-order valence-corrected chi connectivity index (χ2v) is 2.55. The van der Waals surface area contributed by atoms with Gasteiger partial charge in [-0.25, -0.2) is 0 Å². The fourth-order valence-corrected chi connectivity index (χ4v) is 0.803. The number of carbonyl (C=O) groups is 1. The average molecular weight is 161 g/mol. The largest absolute Gasteiger partial charge is 0.295 e. The van der Waals surface area contributed by atoms with Crippen molar-refractivity contribution < 1.29 is 4.79 Å². The lowest BCUT2D eigenvalue weighted by atomic mass is 10.1. The normalized spacial score (nSPS) is 9.40. The highest BCUT2D eigenvalue weighted by Crippen LogP contribution is 2.06. The maximum atomic E-state index is 10.9. The summed E-state index contributed by atoms with van der Waals surface area (Å²) in [5.41, 5.74) is 0.711. The molecule has 0 amide bonds. The zero-order valence-corrected chi connectivity index (χ0v) is 7.08. The minimum Gasteiger partial charge on any atom is -0.295 e. The Balaban J connectivity index is 3.52. The zero-order valence-electron chi connectivity index (χ0n) is 6.32. The molecule has 0 aliphatic carbocycles. The van der Waals surface area contributed by atoms with Crippen molar-refractivity contribution in [2.24, 2.45) is 0 Å². The molecule has 0 spiro atoms. The van der Waals surface area contributed by atoms with Crippen LogP contribution in [0, 0.1) is 0 Å². The Hall–Kier alpha value is -0.300. The van der Waals surface area contributed by atoms with Gasteiger partial charge in [-0.3, -0.25) is 4.79 Å². The van der Waals surface area contributed by atoms with Crippen molar-refractivity contribution in [3.05, 3.63) is 12.2 Å². The monoisotopic (exact) mass is 160 g/mol. The highest BCUT2D eigenvalue weighted by molar-refractivity contribution is 6.17. The van der Waals surface area contributed by atoms with Crippen molar-refractivity contribution >= 4 is 17.4 Å². The van der Waals surface area contributed by atoms with E-state index in [-0.39, 0.29) is 5.78 Å². The number of allylic oxidation sites excluding steroid dienone is 1. The van der Waals surface area contributed by atoms with Gasteiger partial charge in [-0.2, -0.15) is 0 Å². The van der Waals surface area contributed by atoms with Crippen LogP contribution in [-0.4, -0.2) is 11.7 Å². The molecule has 2 heteroatoms. The molecule has 58 valence electrons. The molecule has 0 unspecified atom stereocenters. The van der Waals surface area contributed by atoms with Crippen molar-refractivity contribution in [2.45, 2.75) is 26.2 Å². The molecule has 0 aliphatic rings. The highest BCUT2D eigenvalue weighted by Gasteiger charge is 2.02. The molecule has 0 atom stereocenters. The summed E-state index contributed by atoms with van der Waals surface area (Å²) < 4.78 is 0. The quantitative estimate of drug-likeness (QED) is 0.446. The van der Waals surface area contributed by atoms with E-state index in [4.69, 9.17) is 11.6 Å². The SMILES string of the molecule is C=C(CCCCl)C(=O)CC. The molecule has 0 aromatic heterocycles. The first kappa shape index (κ1) is 9.70. The number of Topliss-reactive ketones (excluding diaryl/α,β-unsaturated/α-hetero) is 1. The van der Waals surface area contributed by atoms with Gasteiger partial charge in [0, 0.05) is 12.3 Å². The molecular formula is C8H13ClO. The predicted molar refractivity (Wildman–Crippen MR) is 44.4 cm³/mol. The molecule has 0 saturated carbocycles. The maximum Gasteiger partial charge on any atom is 0.157 e. The number of ketones is 1.